The molecule has 0 aliphatic carbocycles. The van der Waals surface area contributed by atoms with Gasteiger partial charge in [0.05, 0.1) is 37.4 Å². The second-order valence-electron chi connectivity index (χ2n) is 8.96. The van der Waals surface area contributed by atoms with E-state index >= 15 is 0 Å². The van der Waals surface area contributed by atoms with E-state index in [4.69, 9.17) is 9.47 Å². The van der Waals surface area contributed by atoms with E-state index in [0.717, 1.165) is 49.8 Å². The van der Waals surface area contributed by atoms with Crippen molar-refractivity contribution < 1.29 is 23.5 Å². The fourth-order valence-electron chi connectivity index (χ4n) is 3.71. The highest BCUT2D eigenvalue weighted by atomic mass is 16.5. The number of ether oxygens (including phenoxy) is 2. The molecule has 6 nitrogen and oxygen atoms in total. The maximum absolute atomic E-state index is 13.0. The number of carbonyl (C=O) groups is 2. The van der Waals surface area contributed by atoms with Crippen molar-refractivity contribution in [1.82, 2.24) is 0 Å². The summed E-state index contributed by atoms with van der Waals surface area (Å²) >= 11 is 0. The Morgan fingerprint density at radius 2 is 1.53 bits per heavy atom. The lowest BCUT2D eigenvalue weighted by Gasteiger charge is -2.31. The number of hydrogen-bond acceptors (Lipinski definition) is 4. The van der Waals surface area contributed by atoms with Crippen molar-refractivity contribution in [3.63, 3.8) is 0 Å². The summed E-state index contributed by atoms with van der Waals surface area (Å²) in [6, 6.07) is 14.1. The first-order chi connectivity index (χ1) is 16.4. The Hall–Kier alpha value is -2.86. The van der Waals surface area contributed by atoms with Crippen LogP contribution in [0.1, 0.15) is 74.1 Å². The van der Waals surface area contributed by atoms with E-state index in [-0.39, 0.29) is 18.0 Å². The number of rotatable bonds is 14. The number of esters is 1. The average molecular weight is 470 g/mol. The van der Waals surface area contributed by atoms with Crippen molar-refractivity contribution in [1.29, 1.82) is 0 Å². The molecule has 186 valence electrons. The van der Waals surface area contributed by atoms with E-state index in [2.05, 4.69) is 40.1 Å². The van der Waals surface area contributed by atoms with Gasteiger partial charge in [0.2, 0.25) is 0 Å². The molecule has 1 amide bonds. The molecule has 0 aliphatic heterocycles. The largest absolute Gasteiger partial charge is 0.490 e. The second-order valence-corrected chi connectivity index (χ2v) is 8.96. The van der Waals surface area contributed by atoms with Crippen LogP contribution >= 0.6 is 0 Å². The van der Waals surface area contributed by atoms with Crippen molar-refractivity contribution in [2.75, 3.05) is 38.6 Å². The molecule has 0 bridgehead atoms. The first-order valence-electron chi connectivity index (χ1n) is 12.5. The highest BCUT2D eigenvalue weighted by molar-refractivity contribution is 6.06. The van der Waals surface area contributed by atoms with Gasteiger partial charge in [0.1, 0.15) is 18.9 Å². The van der Waals surface area contributed by atoms with Gasteiger partial charge in [-0.15, -0.1) is 0 Å². The fourth-order valence-corrected chi connectivity index (χ4v) is 3.71. The molecule has 0 radical (unpaired) electrons. The zero-order valence-electron chi connectivity index (χ0n) is 21.4. The van der Waals surface area contributed by atoms with Crippen molar-refractivity contribution in [2.24, 2.45) is 0 Å². The lowest BCUT2D eigenvalue weighted by atomic mass is 10.1. The first kappa shape index (κ1) is 27.4. The molecule has 2 rings (SSSR count). The molecule has 0 atom stereocenters. The van der Waals surface area contributed by atoms with Crippen LogP contribution in [-0.4, -0.2) is 55.8 Å². The molecule has 1 N–H and O–H groups in total. The number of quaternary nitrogens is 1. The van der Waals surface area contributed by atoms with Crippen LogP contribution in [0.3, 0.4) is 0 Å². The maximum Gasteiger partial charge on any atom is 0.338 e. The van der Waals surface area contributed by atoms with Crippen LogP contribution in [0.4, 0.5) is 5.69 Å². The number of hydrogen-bond donors (Lipinski definition) is 1. The number of anilines is 1. The average Bonchev–Trinajstić information content (AvgIpc) is 2.85. The van der Waals surface area contributed by atoms with Crippen LogP contribution in [0.2, 0.25) is 0 Å². The number of amides is 1. The minimum atomic E-state index is -0.353. The highest BCUT2D eigenvalue weighted by Crippen LogP contribution is 2.24. The summed E-state index contributed by atoms with van der Waals surface area (Å²) in [5.74, 6) is -0.00112. The smallest absolute Gasteiger partial charge is 0.338 e. The van der Waals surface area contributed by atoms with Crippen molar-refractivity contribution in [3.8, 4) is 5.75 Å². The van der Waals surface area contributed by atoms with E-state index < -0.39 is 0 Å². The van der Waals surface area contributed by atoms with E-state index in [0.29, 0.717) is 29.2 Å². The number of nitrogens with zero attached hydrogens (tertiary/aromatic N) is 1. The third kappa shape index (κ3) is 8.17. The minimum absolute atomic E-state index is 0.0977. The van der Waals surface area contributed by atoms with Gasteiger partial charge in [-0.25, -0.2) is 4.79 Å². The summed E-state index contributed by atoms with van der Waals surface area (Å²) in [6.45, 7) is 11.7. The molecular weight excluding hydrogens is 428 g/mol. The topological polar surface area (TPSA) is 64.6 Å². The molecule has 0 saturated heterocycles. The molecule has 0 spiro atoms. The molecule has 34 heavy (non-hydrogen) atoms. The van der Waals surface area contributed by atoms with E-state index in [9.17, 15) is 9.59 Å². The van der Waals surface area contributed by atoms with Crippen LogP contribution < -0.4 is 10.1 Å². The SMILES string of the molecule is CCCC(CCC)Oc1ccccc1C(=O)Nc1ccc(C(=O)OCC[N+](C)(CC)CC)cc1. The van der Waals surface area contributed by atoms with E-state index in [1.165, 1.54) is 0 Å². The van der Waals surface area contributed by atoms with Gasteiger partial charge in [-0.2, -0.15) is 0 Å². The third-order valence-corrected chi connectivity index (χ3v) is 6.42. The molecule has 0 fully saturated rings. The Labute approximate surface area is 204 Å². The lowest BCUT2D eigenvalue weighted by molar-refractivity contribution is -0.906. The van der Waals surface area contributed by atoms with Crippen LogP contribution in [0.25, 0.3) is 0 Å². The highest BCUT2D eigenvalue weighted by Gasteiger charge is 2.18. The van der Waals surface area contributed by atoms with Crippen LogP contribution in [0.5, 0.6) is 5.75 Å². The molecule has 0 aliphatic rings. The van der Waals surface area contributed by atoms with Gasteiger partial charge in [-0.3, -0.25) is 4.79 Å². The summed E-state index contributed by atoms with van der Waals surface area (Å²) < 4.78 is 12.5. The summed E-state index contributed by atoms with van der Waals surface area (Å²) in [4.78, 5) is 25.3. The molecule has 2 aromatic carbocycles. The predicted octanol–water partition coefficient (Wildman–Crippen LogP) is 5.93. The summed E-state index contributed by atoms with van der Waals surface area (Å²) in [7, 11) is 2.16. The van der Waals surface area contributed by atoms with Crippen molar-refractivity contribution >= 4 is 17.6 Å². The number of likely N-dealkylation sites (N-methyl/N-ethyl adjacent to an activating group) is 1. The summed E-state index contributed by atoms with van der Waals surface area (Å²) in [6.07, 6.45) is 4.07. The van der Waals surface area contributed by atoms with E-state index in [1.54, 1.807) is 30.3 Å². The number of carbonyl (C=O) groups excluding carboxylic acids is 2. The zero-order chi connectivity index (χ0) is 25.0. The summed E-state index contributed by atoms with van der Waals surface area (Å²) in [5.41, 5.74) is 1.57. The van der Waals surface area contributed by atoms with Gasteiger partial charge in [-0.05, 0) is 63.1 Å². The first-order valence-corrected chi connectivity index (χ1v) is 12.5. The summed E-state index contributed by atoms with van der Waals surface area (Å²) in [5, 5.41) is 2.91. The Balaban J connectivity index is 1.99. The van der Waals surface area contributed by atoms with Crippen LogP contribution in [0, 0.1) is 0 Å². The monoisotopic (exact) mass is 469 g/mol. The van der Waals surface area contributed by atoms with Crippen LogP contribution in [0.15, 0.2) is 48.5 Å². The molecule has 0 heterocycles. The zero-order valence-corrected chi connectivity index (χ0v) is 21.4. The molecule has 6 heteroatoms. The van der Waals surface area contributed by atoms with Gasteiger partial charge in [0.25, 0.3) is 5.91 Å². The Morgan fingerprint density at radius 1 is 0.912 bits per heavy atom. The number of benzene rings is 2. The van der Waals surface area contributed by atoms with Gasteiger partial charge in [-0.1, -0.05) is 38.8 Å². The molecule has 2 aromatic rings. The Morgan fingerprint density at radius 3 is 2.12 bits per heavy atom. The van der Waals surface area contributed by atoms with Gasteiger partial charge in [0.15, 0.2) is 0 Å². The third-order valence-electron chi connectivity index (χ3n) is 6.42. The normalized spacial score (nSPS) is 11.4. The quantitative estimate of drug-likeness (QED) is 0.275. The molecule has 0 unspecified atom stereocenters. The molecular formula is C28H41N2O4+. The lowest BCUT2D eigenvalue weighted by Crippen LogP contribution is -2.46. The molecule has 0 aromatic heterocycles. The molecule has 0 saturated carbocycles. The van der Waals surface area contributed by atoms with Gasteiger partial charge >= 0.3 is 5.97 Å². The number of nitrogens with one attached hydrogen (secondary N) is 1. The van der Waals surface area contributed by atoms with Crippen LogP contribution in [-0.2, 0) is 4.74 Å². The Kier molecular flexibility index (Phi) is 11.1. The fraction of sp³-hybridized carbons (Fsp3) is 0.500. The maximum atomic E-state index is 13.0. The Bertz CT molecular complexity index is 901. The van der Waals surface area contributed by atoms with Crippen molar-refractivity contribution in [3.05, 3.63) is 59.7 Å². The van der Waals surface area contributed by atoms with Crippen molar-refractivity contribution in [2.45, 2.75) is 59.5 Å². The standard InChI is InChI=1S/C28H40N2O4/c1-6-12-24(13-7-2)34-26-15-11-10-14-25(26)27(31)29-23-18-16-22(17-19-23)28(32)33-21-20-30(5,8-3)9-4/h10-11,14-19,24H,6-9,12-13,20-21H2,1-5H3/p+1. The van der Waals surface area contributed by atoms with Gasteiger partial charge in [0, 0.05) is 5.69 Å². The predicted molar refractivity (Wildman–Crippen MR) is 137 cm³/mol. The van der Waals surface area contributed by atoms with E-state index in [1.807, 2.05) is 18.2 Å². The number of para-hydroxylation sites is 1. The van der Waals surface area contributed by atoms with Gasteiger partial charge < -0.3 is 19.3 Å². The second kappa shape index (κ2) is 13.8. The minimum Gasteiger partial charge on any atom is -0.490 e.